The van der Waals surface area contributed by atoms with Crippen molar-refractivity contribution in [2.45, 2.75) is 51.6 Å². The van der Waals surface area contributed by atoms with E-state index in [4.69, 9.17) is 14.6 Å². The average molecular weight is 330 g/mol. The van der Waals surface area contributed by atoms with E-state index in [0.29, 0.717) is 18.6 Å². The average Bonchev–Trinajstić information content (AvgIpc) is 2.56. The van der Waals surface area contributed by atoms with Crippen LogP contribution in [0.25, 0.3) is 0 Å². The molecule has 0 aromatic rings. The summed E-state index contributed by atoms with van der Waals surface area (Å²) in [5, 5.41) is 11.1. The minimum Gasteiger partial charge on any atom is -0.465 e. The van der Waals surface area contributed by atoms with Gasteiger partial charge in [0.25, 0.3) is 0 Å². The fourth-order valence-corrected chi connectivity index (χ4v) is 3.07. The van der Waals surface area contributed by atoms with Gasteiger partial charge in [0.2, 0.25) is 0 Å². The Hall–Kier alpha value is -0.850. The molecule has 1 saturated carbocycles. The van der Waals surface area contributed by atoms with Crippen molar-refractivity contribution in [3.8, 4) is 0 Å². The van der Waals surface area contributed by atoms with Crippen LogP contribution in [-0.2, 0) is 9.47 Å². The number of unbranched alkanes of at least 4 members (excludes halogenated alkanes) is 1. The number of hydrogen-bond donors (Lipinski definition) is 2. The van der Waals surface area contributed by atoms with E-state index in [-0.39, 0.29) is 0 Å². The summed E-state index contributed by atoms with van der Waals surface area (Å²) in [6.45, 7) is 7.58. The van der Waals surface area contributed by atoms with E-state index in [1.54, 1.807) is 7.11 Å². The number of amides is 1. The molecule has 0 atom stereocenters. The predicted molar refractivity (Wildman–Crippen MR) is 90.9 cm³/mol. The summed E-state index contributed by atoms with van der Waals surface area (Å²) >= 11 is 0. The summed E-state index contributed by atoms with van der Waals surface area (Å²) in [4.78, 5) is 12.9. The van der Waals surface area contributed by atoms with E-state index in [0.717, 1.165) is 71.4 Å². The molecular weight excluding hydrogens is 296 g/mol. The van der Waals surface area contributed by atoms with Gasteiger partial charge in [0, 0.05) is 26.8 Å². The zero-order valence-corrected chi connectivity index (χ0v) is 14.8. The minimum atomic E-state index is -0.921. The Morgan fingerprint density at radius 3 is 2.52 bits per heavy atom. The summed E-state index contributed by atoms with van der Waals surface area (Å²) in [6.07, 6.45) is 5.94. The number of methoxy groups -OCH3 is 1. The molecule has 1 aliphatic rings. The number of rotatable bonds is 12. The molecule has 0 saturated heterocycles. The lowest BCUT2D eigenvalue weighted by Crippen LogP contribution is -2.32. The molecule has 0 unspecified atom stereocenters. The van der Waals surface area contributed by atoms with Crippen molar-refractivity contribution in [3.63, 3.8) is 0 Å². The first-order valence-electron chi connectivity index (χ1n) is 8.95. The highest BCUT2D eigenvalue weighted by atomic mass is 16.5. The number of ether oxygens (including phenoxy) is 2. The van der Waals surface area contributed by atoms with Crippen molar-refractivity contribution < 1.29 is 19.4 Å². The Bertz CT molecular complexity index is 307. The van der Waals surface area contributed by atoms with Crippen molar-refractivity contribution in [3.05, 3.63) is 0 Å². The van der Waals surface area contributed by atoms with E-state index in [2.05, 4.69) is 17.1 Å². The maximum atomic E-state index is 10.5. The summed E-state index contributed by atoms with van der Waals surface area (Å²) in [7, 11) is 1.74. The molecule has 0 spiro atoms. The first kappa shape index (κ1) is 20.2. The van der Waals surface area contributed by atoms with Crippen LogP contribution in [0.2, 0.25) is 0 Å². The van der Waals surface area contributed by atoms with E-state index >= 15 is 0 Å². The van der Waals surface area contributed by atoms with Gasteiger partial charge in [-0.25, -0.2) is 4.79 Å². The van der Waals surface area contributed by atoms with Crippen LogP contribution in [0.15, 0.2) is 0 Å². The van der Waals surface area contributed by atoms with Crippen LogP contribution in [0.5, 0.6) is 0 Å². The molecule has 0 heterocycles. The van der Waals surface area contributed by atoms with Gasteiger partial charge in [-0.2, -0.15) is 0 Å². The topological polar surface area (TPSA) is 71.0 Å². The van der Waals surface area contributed by atoms with E-state index < -0.39 is 6.09 Å². The lowest BCUT2D eigenvalue weighted by atomic mass is 9.87. The first-order chi connectivity index (χ1) is 11.2. The van der Waals surface area contributed by atoms with Gasteiger partial charge in [0.1, 0.15) is 0 Å². The van der Waals surface area contributed by atoms with Gasteiger partial charge in [0.05, 0.1) is 12.7 Å². The van der Waals surface area contributed by atoms with E-state index in [9.17, 15) is 4.79 Å². The fourth-order valence-electron chi connectivity index (χ4n) is 3.07. The van der Waals surface area contributed by atoms with Crippen LogP contribution in [0, 0.1) is 5.92 Å². The number of nitrogens with zero attached hydrogens (tertiary/aromatic N) is 1. The van der Waals surface area contributed by atoms with Crippen LogP contribution in [0.3, 0.4) is 0 Å². The zero-order valence-electron chi connectivity index (χ0n) is 14.8. The lowest BCUT2D eigenvalue weighted by molar-refractivity contribution is 0.0155. The molecule has 0 radical (unpaired) electrons. The Kier molecular flexibility index (Phi) is 11.0. The number of hydrogen-bond acceptors (Lipinski definition) is 4. The number of carbonyl (C=O) groups is 1. The Morgan fingerprint density at radius 1 is 1.17 bits per heavy atom. The number of likely N-dealkylation sites (N-methyl/N-ethyl adjacent to an activating group) is 1. The molecule has 1 aliphatic carbocycles. The second-order valence-corrected chi connectivity index (χ2v) is 6.33. The maximum absolute atomic E-state index is 10.5. The van der Waals surface area contributed by atoms with Crippen LogP contribution in [0.1, 0.15) is 45.4 Å². The van der Waals surface area contributed by atoms with Gasteiger partial charge >= 0.3 is 6.09 Å². The quantitative estimate of drug-likeness (QED) is 0.538. The standard InChI is InChI=1S/C17H34N2O4/c1-3-19(11-13-22-2)10-4-5-12-23-16-8-6-15(7-9-16)14-18-17(20)21/h15-16,18H,3-14H2,1-2H3,(H,20,21). The highest BCUT2D eigenvalue weighted by Crippen LogP contribution is 2.25. The predicted octanol–water partition coefficient (Wildman–Crippen LogP) is 2.58. The van der Waals surface area contributed by atoms with Crippen LogP contribution in [-0.4, -0.2) is 68.7 Å². The van der Waals surface area contributed by atoms with Crippen molar-refractivity contribution in [2.75, 3.05) is 46.5 Å². The largest absolute Gasteiger partial charge is 0.465 e. The lowest BCUT2D eigenvalue weighted by Gasteiger charge is -2.28. The van der Waals surface area contributed by atoms with Gasteiger partial charge in [-0.3, -0.25) is 0 Å². The molecule has 0 aromatic carbocycles. The van der Waals surface area contributed by atoms with E-state index in [1.165, 1.54) is 0 Å². The molecule has 1 amide bonds. The SMILES string of the molecule is CCN(CCCCOC1CCC(CNC(=O)O)CC1)CCOC. The van der Waals surface area contributed by atoms with Gasteiger partial charge in [0.15, 0.2) is 0 Å². The van der Waals surface area contributed by atoms with Crippen LogP contribution >= 0.6 is 0 Å². The highest BCUT2D eigenvalue weighted by Gasteiger charge is 2.21. The van der Waals surface area contributed by atoms with Gasteiger partial charge in [-0.05, 0) is 57.5 Å². The summed E-state index contributed by atoms with van der Waals surface area (Å²) in [5.74, 6) is 0.477. The maximum Gasteiger partial charge on any atom is 0.404 e. The third-order valence-electron chi connectivity index (χ3n) is 4.62. The molecular formula is C17H34N2O4. The second kappa shape index (κ2) is 12.6. The fraction of sp³-hybridized carbons (Fsp3) is 0.941. The molecule has 136 valence electrons. The third-order valence-corrected chi connectivity index (χ3v) is 4.62. The zero-order chi connectivity index (χ0) is 16.9. The molecule has 1 fully saturated rings. The van der Waals surface area contributed by atoms with Gasteiger partial charge in [-0.15, -0.1) is 0 Å². The normalized spacial score (nSPS) is 21.5. The molecule has 23 heavy (non-hydrogen) atoms. The second-order valence-electron chi connectivity index (χ2n) is 6.33. The Labute approximate surface area is 140 Å². The number of carboxylic acid groups (broad SMARTS) is 1. The first-order valence-corrected chi connectivity index (χ1v) is 8.95. The smallest absolute Gasteiger partial charge is 0.404 e. The number of nitrogens with one attached hydrogen (secondary N) is 1. The molecule has 6 heteroatoms. The van der Waals surface area contributed by atoms with Crippen molar-refractivity contribution >= 4 is 6.09 Å². The molecule has 0 aliphatic heterocycles. The minimum absolute atomic E-state index is 0.367. The van der Waals surface area contributed by atoms with Gasteiger partial charge in [-0.1, -0.05) is 6.92 Å². The molecule has 6 nitrogen and oxygen atoms in total. The molecule has 2 N–H and O–H groups in total. The molecule has 1 rings (SSSR count). The Morgan fingerprint density at radius 2 is 1.91 bits per heavy atom. The third kappa shape index (κ3) is 9.79. The monoisotopic (exact) mass is 330 g/mol. The molecule has 0 aromatic heterocycles. The Balaban J connectivity index is 1.99. The van der Waals surface area contributed by atoms with Crippen molar-refractivity contribution in [2.24, 2.45) is 5.92 Å². The van der Waals surface area contributed by atoms with Crippen LogP contribution < -0.4 is 5.32 Å². The highest BCUT2D eigenvalue weighted by molar-refractivity contribution is 5.64. The van der Waals surface area contributed by atoms with Gasteiger partial charge < -0.3 is 24.8 Å². The summed E-state index contributed by atoms with van der Waals surface area (Å²) in [6, 6.07) is 0. The molecule has 0 bridgehead atoms. The summed E-state index contributed by atoms with van der Waals surface area (Å²) < 4.78 is 11.1. The van der Waals surface area contributed by atoms with Crippen molar-refractivity contribution in [1.82, 2.24) is 10.2 Å². The van der Waals surface area contributed by atoms with Crippen LogP contribution in [0.4, 0.5) is 4.79 Å². The van der Waals surface area contributed by atoms with E-state index in [1.807, 2.05) is 0 Å². The summed E-state index contributed by atoms with van der Waals surface area (Å²) in [5.41, 5.74) is 0. The van der Waals surface area contributed by atoms with Crippen molar-refractivity contribution in [1.29, 1.82) is 0 Å².